The van der Waals surface area contributed by atoms with Crippen LogP contribution in [0.4, 0.5) is 5.69 Å². The van der Waals surface area contributed by atoms with Crippen LogP contribution in [-0.4, -0.2) is 34.3 Å². The summed E-state index contributed by atoms with van der Waals surface area (Å²) in [4.78, 5) is 13.4. The highest BCUT2D eigenvalue weighted by Crippen LogP contribution is 2.33. The summed E-state index contributed by atoms with van der Waals surface area (Å²) in [6.45, 7) is 4.27. The van der Waals surface area contributed by atoms with E-state index in [1.54, 1.807) is 27.3 Å². The molecule has 1 aromatic carbocycles. The van der Waals surface area contributed by atoms with Crippen LogP contribution >= 0.6 is 0 Å². The van der Waals surface area contributed by atoms with E-state index in [1.807, 2.05) is 37.3 Å². The van der Waals surface area contributed by atoms with Gasteiger partial charge >= 0.3 is 0 Å². The van der Waals surface area contributed by atoms with Crippen molar-refractivity contribution < 1.29 is 14.0 Å². The minimum atomic E-state index is 0.410. The van der Waals surface area contributed by atoms with E-state index in [4.69, 9.17) is 14.0 Å². The van der Waals surface area contributed by atoms with Gasteiger partial charge in [-0.1, -0.05) is 11.2 Å². The van der Waals surface area contributed by atoms with Gasteiger partial charge in [0.15, 0.2) is 23.0 Å². The minimum absolute atomic E-state index is 0.410. The molecule has 4 aromatic rings. The lowest BCUT2D eigenvalue weighted by molar-refractivity contribution is 0.354. The van der Waals surface area contributed by atoms with Crippen LogP contribution < -0.4 is 14.8 Å². The molecule has 3 aromatic heterocycles. The van der Waals surface area contributed by atoms with Gasteiger partial charge in [0.25, 0.3) is 5.89 Å². The van der Waals surface area contributed by atoms with E-state index < -0.39 is 0 Å². The number of rotatable bonds is 6. The standard InChI is InChI=1S/C21H21N5O3/c1-12-5-7-15-19(22-10-14-6-8-17(27-3)18(9-14)28-4)16(11-23-20(15)24-12)21-25-13(2)26-29-21/h5-9,11H,10H2,1-4H3,(H,22,23,24). The zero-order valence-electron chi connectivity index (χ0n) is 16.7. The van der Waals surface area contributed by atoms with E-state index in [9.17, 15) is 0 Å². The van der Waals surface area contributed by atoms with Gasteiger partial charge < -0.3 is 19.3 Å². The topological polar surface area (TPSA) is 95.2 Å². The molecule has 0 radical (unpaired) electrons. The Balaban J connectivity index is 1.75. The monoisotopic (exact) mass is 391 g/mol. The first-order valence-electron chi connectivity index (χ1n) is 9.11. The Kier molecular flexibility index (Phi) is 4.99. The number of anilines is 1. The van der Waals surface area contributed by atoms with Crippen LogP contribution in [0.25, 0.3) is 22.5 Å². The van der Waals surface area contributed by atoms with Gasteiger partial charge in [0, 0.05) is 23.8 Å². The molecule has 29 heavy (non-hydrogen) atoms. The Hall–Kier alpha value is -3.68. The van der Waals surface area contributed by atoms with Gasteiger partial charge in [-0.25, -0.2) is 9.97 Å². The average molecular weight is 391 g/mol. The number of nitrogens with one attached hydrogen (secondary N) is 1. The molecule has 0 saturated heterocycles. The van der Waals surface area contributed by atoms with Crippen LogP contribution in [0.1, 0.15) is 17.1 Å². The molecule has 0 aliphatic heterocycles. The lowest BCUT2D eigenvalue weighted by Gasteiger charge is -2.14. The Bertz CT molecular complexity index is 1170. The van der Waals surface area contributed by atoms with Gasteiger partial charge in [0.05, 0.1) is 25.5 Å². The van der Waals surface area contributed by atoms with Crippen LogP contribution in [-0.2, 0) is 6.54 Å². The molecule has 3 heterocycles. The first-order valence-corrected chi connectivity index (χ1v) is 9.11. The predicted octanol–water partition coefficient (Wildman–Crippen LogP) is 3.93. The largest absolute Gasteiger partial charge is 0.493 e. The third kappa shape index (κ3) is 3.69. The Morgan fingerprint density at radius 3 is 2.55 bits per heavy atom. The average Bonchev–Trinajstić information content (AvgIpc) is 3.17. The number of ether oxygens (including phenoxy) is 2. The third-order valence-electron chi connectivity index (χ3n) is 4.54. The van der Waals surface area contributed by atoms with Crippen LogP contribution in [0.2, 0.25) is 0 Å². The summed E-state index contributed by atoms with van der Waals surface area (Å²) in [7, 11) is 3.24. The second kappa shape index (κ2) is 7.75. The number of fused-ring (bicyclic) bond motifs is 1. The normalized spacial score (nSPS) is 10.9. The third-order valence-corrected chi connectivity index (χ3v) is 4.54. The predicted molar refractivity (Wildman–Crippen MR) is 109 cm³/mol. The molecule has 0 fully saturated rings. The maximum Gasteiger partial charge on any atom is 0.261 e. The quantitative estimate of drug-likeness (QED) is 0.528. The summed E-state index contributed by atoms with van der Waals surface area (Å²) >= 11 is 0. The summed E-state index contributed by atoms with van der Waals surface area (Å²) in [6, 6.07) is 9.75. The summed E-state index contributed by atoms with van der Waals surface area (Å²) in [5.41, 5.74) is 4.14. The number of aryl methyl sites for hydroxylation is 2. The number of hydrogen-bond acceptors (Lipinski definition) is 8. The summed E-state index contributed by atoms with van der Waals surface area (Å²) < 4.78 is 16.1. The van der Waals surface area contributed by atoms with Crippen molar-refractivity contribution in [2.45, 2.75) is 20.4 Å². The molecule has 0 atom stereocenters. The van der Waals surface area contributed by atoms with Crippen molar-refractivity contribution in [1.29, 1.82) is 0 Å². The molecule has 8 heteroatoms. The number of pyridine rings is 2. The first-order chi connectivity index (χ1) is 14.1. The second-order valence-corrected chi connectivity index (χ2v) is 6.56. The van der Waals surface area contributed by atoms with Crippen molar-refractivity contribution in [1.82, 2.24) is 20.1 Å². The van der Waals surface area contributed by atoms with Gasteiger partial charge in [0.2, 0.25) is 0 Å². The zero-order chi connectivity index (χ0) is 20.4. The van der Waals surface area contributed by atoms with Crippen molar-refractivity contribution in [3.05, 3.63) is 53.6 Å². The Morgan fingerprint density at radius 1 is 1.00 bits per heavy atom. The molecule has 8 nitrogen and oxygen atoms in total. The molecule has 0 bridgehead atoms. The fourth-order valence-electron chi connectivity index (χ4n) is 3.11. The van der Waals surface area contributed by atoms with Crippen molar-refractivity contribution in [2.24, 2.45) is 0 Å². The lowest BCUT2D eigenvalue weighted by Crippen LogP contribution is -2.04. The van der Waals surface area contributed by atoms with Crippen LogP contribution in [0.15, 0.2) is 41.1 Å². The maximum absolute atomic E-state index is 5.40. The molecule has 148 valence electrons. The molecule has 0 spiro atoms. The van der Waals surface area contributed by atoms with Gasteiger partial charge in [-0.3, -0.25) is 0 Å². The molecule has 4 rings (SSSR count). The van der Waals surface area contributed by atoms with E-state index >= 15 is 0 Å². The molecular formula is C21H21N5O3. The number of benzene rings is 1. The first kappa shape index (κ1) is 18.7. The molecule has 0 unspecified atom stereocenters. The smallest absolute Gasteiger partial charge is 0.261 e. The van der Waals surface area contributed by atoms with E-state index in [1.165, 1.54) is 0 Å². The number of nitrogens with zero attached hydrogens (tertiary/aromatic N) is 4. The van der Waals surface area contributed by atoms with Crippen molar-refractivity contribution >= 4 is 16.7 Å². The van der Waals surface area contributed by atoms with Crippen LogP contribution in [0, 0.1) is 13.8 Å². The summed E-state index contributed by atoms with van der Waals surface area (Å²) in [5.74, 6) is 2.34. The van der Waals surface area contributed by atoms with E-state index in [0.717, 1.165) is 27.9 Å². The van der Waals surface area contributed by atoms with Crippen molar-refractivity contribution in [3.8, 4) is 23.0 Å². The summed E-state index contributed by atoms with van der Waals surface area (Å²) in [5, 5.41) is 8.26. The highest BCUT2D eigenvalue weighted by atomic mass is 16.5. The summed E-state index contributed by atoms with van der Waals surface area (Å²) in [6.07, 6.45) is 1.71. The number of aromatic nitrogens is 4. The number of methoxy groups -OCH3 is 2. The molecule has 0 aliphatic carbocycles. The molecule has 0 saturated carbocycles. The molecule has 0 amide bonds. The Labute approximate surface area is 167 Å². The van der Waals surface area contributed by atoms with E-state index in [0.29, 0.717) is 35.4 Å². The Morgan fingerprint density at radius 2 is 1.83 bits per heavy atom. The van der Waals surface area contributed by atoms with Gasteiger partial charge in [-0.2, -0.15) is 4.98 Å². The van der Waals surface area contributed by atoms with Gasteiger partial charge in [0.1, 0.15) is 0 Å². The van der Waals surface area contributed by atoms with Crippen LogP contribution in [0.5, 0.6) is 11.5 Å². The van der Waals surface area contributed by atoms with E-state index in [-0.39, 0.29) is 0 Å². The fourth-order valence-corrected chi connectivity index (χ4v) is 3.11. The van der Waals surface area contributed by atoms with Crippen LogP contribution in [0.3, 0.4) is 0 Å². The fraction of sp³-hybridized carbons (Fsp3) is 0.238. The van der Waals surface area contributed by atoms with Crippen molar-refractivity contribution in [3.63, 3.8) is 0 Å². The highest BCUT2D eigenvalue weighted by Gasteiger charge is 2.17. The SMILES string of the molecule is COc1ccc(CNc2c(-c3nc(C)no3)cnc3nc(C)ccc23)cc1OC. The number of hydrogen-bond donors (Lipinski definition) is 1. The maximum atomic E-state index is 5.40. The zero-order valence-corrected chi connectivity index (χ0v) is 16.7. The van der Waals surface area contributed by atoms with Crippen molar-refractivity contribution in [2.75, 3.05) is 19.5 Å². The lowest BCUT2D eigenvalue weighted by atomic mass is 10.1. The van der Waals surface area contributed by atoms with Gasteiger partial charge in [-0.05, 0) is 43.7 Å². The van der Waals surface area contributed by atoms with Gasteiger partial charge in [-0.15, -0.1) is 0 Å². The molecular weight excluding hydrogens is 370 g/mol. The highest BCUT2D eigenvalue weighted by molar-refractivity contribution is 5.96. The minimum Gasteiger partial charge on any atom is -0.493 e. The second-order valence-electron chi connectivity index (χ2n) is 6.56. The molecule has 0 aliphatic rings. The molecule has 1 N–H and O–H groups in total. The van der Waals surface area contributed by atoms with E-state index in [2.05, 4.69) is 25.4 Å².